The van der Waals surface area contributed by atoms with Crippen LogP contribution in [-0.2, 0) is 16.0 Å². The second-order valence-corrected chi connectivity index (χ2v) is 5.59. The van der Waals surface area contributed by atoms with Crippen LogP contribution in [0, 0.1) is 5.92 Å². The van der Waals surface area contributed by atoms with E-state index in [1.54, 1.807) is 4.90 Å². The van der Waals surface area contributed by atoms with Gasteiger partial charge in [-0.15, -0.1) is 0 Å². The molecule has 0 aromatic heterocycles. The molecule has 2 rings (SSSR count). The normalized spacial score (nSPS) is 20.0. The molecule has 114 valence electrons. The van der Waals surface area contributed by atoms with Crippen molar-refractivity contribution >= 4 is 11.9 Å². The van der Waals surface area contributed by atoms with E-state index in [2.05, 4.69) is 0 Å². The molecule has 1 aromatic rings. The van der Waals surface area contributed by atoms with Gasteiger partial charge in [0.15, 0.2) is 0 Å². The molecule has 0 spiro atoms. The zero-order chi connectivity index (χ0) is 15.2. The average molecular weight is 290 g/mol. The van der Waals surface area contributed by atoms with Gasteiger partial charge in [-0.2, -0.15) is 0 Å². The number of aliphatic carboxylic acids is 1. The Kier molecular flexibility index (Phi) is 5.33. The van der Waals surface area contributed by atoms with Crippen LogP contribution < -0.4 is 5.73 Å². The van der Waals surface area contributed by atoms with Gasteiger partial charge in [0.05, 0.1) is 12.0 Å². The maximum absolute atomic E-state index is 12.3. The smallest absolute Gasteiger partial charge is 0.308 e. The molecular weight excluding hydrogens is 268 g/mol. The molecule has 0 bridgehead atoms. The van der Waals surface area contributed by atoms with Crippen molar-refractivity contribution in [2.45, 2.75) is 31.7 Å². The number of piperidine rings is 1. The van der Waals surface area contributed by atoms with Gasteiger partial charge in [-0.05, 0) is 31.2 Å². The molecule has 21 heavy (non-hydrogen) atoms. The summed E-state index contributed by atoms with van der Waals surface area (Å²) in [6, 6.07) is 9.35. The number of carbonyl (C=O) groups is 2. The van der Waals surface area contributed by atoms with E-state index >= 15 is 0 Å². The molecule has 5 heteroatoms. The molecule has 0 radical (unpaired) electrons. The fourth-order valence-corrected chi connectivity index (χ4v) is 2.70. The molecule has 5 nitrogen and oxygen atoms in total. The zero-order valence-corrected chi connectivity index (χ0v) is 12.1. The van der Waals surface area contributed by atoms with E-state index < -0.39 is 17.9 Å². The van der Waals surface area contributed by atoms with Crippen LogP contribution >= 0.6 is 0 Å². The number of benzene rings is 1. The SMILES string of the molecule is NC(CCc1ccccc1)C(=O)N1CCC[C@H](C(=O)O)C1. The largest absolute Gasteiger partial charge is 0.481 e. The van der Waals surface area contributed by atoms with Gasteiger partial charge in [0.1, 0.15) is 0 Å². The Bertz CT molecular complexity index is 490. The highest BCUT2D eigenvalue weighted by atomic mass is 16.4. The molecule has 1 heterocycles. The fourth-order valence-electron chi connectivity index (χ4n) is 2.70. The number of rotatable bonds is 5. The first-order valence-corrected chi connectivity index (χ1v) is 7.39. The molecular formula is C16H22N2O3. The minimum atomic E-state index is -0.828. The van der Waals surface area contributed by atoms with Crippen LogP contribution in [0.3, 0.4) is 0 Å². The Labute approximate surface area is 124 Å². The number of amides is 1. The van der Waals surface area contributed by atoms with Crippen molar-refractivity contribution in [2.24, 2.45) is 11.7 Å². The van der Waals surface area contributed by atoms with E-state index in [1.165, 1.54) is 0 Å². The van der Waals surface area contributed by atoms with Crippen molar-refractivity contribution in [3.05, 3.63) is 35.9 Å². The molecule has 1 aromatic carbocycles. The highest BCUT2D eigenvalue weighted by molar-refractivity contribution is 5.82. The van der Waals surface area contributed by atoms with Gasteiger partial charge in [0, 0.05) is 13.1 Å². The van der Waals surface area contributed by atoms with Crippen LogP contribution in [0.4, 0.5) is 0 Å². The number of likely N-dealkylation sites (tertiary alicyclic amines) is 1. The topological polar surface area (TPSA) is 83.6 Å². The van der Waals surface area contributed by atoms with E-state index in [-0.39, 0.29) is 12.5 Å². The molecule has 1 aliphatic rings. The maximum Gasteiger partial charge on any atom is 0.308 e. The second kappa shape index (κ2) is 7.22. The Morgan fingerprint density at radius 1 is 1.33 bits per heavy atom. The van der Waals surface area contributed by atoms with E-state index in [4.69, 9.17) is 10.8 Å². The summed E-state index contributed by atoms with van der Waals surface area (Å²) < 4.78 is 0. The predicted molar refractivity (Wildman–Crippen MR) is 79.7 cm³/mol. The Hall–Kier alpha value is -1.88. The van der Waals surface area contributed by atoms with Gasteiger partial charge in [0.2, 0.25) is 5.91 Å². The summed E-state index contributed by atoms with van der Waals surface area (Å²) in [4.78, 5) is 24.9. The van der Waals surface area contributed by atoms with Crippen molar-refractivity contribution in [3.63, 3.8) is 0 Å². The summed E-state index contributed by atoms with van der Waals surface area (Å²) in [6.07, 6.45) is 2.70. The molecule has 1 fully saturated rings. The van der Waals surface area contributed by atoms with Crippen LogP contribution in [0.2, 0.25) is 0 Å². The van der Waals surface area contributed by atoms with Gasteiger partial charge < -0.3 is 15.7 Å². The number of carbonyl (C=O) groups excluding carboxylic acids is 1. The zero-order valence-electron chi connectivity index (χ0n) is 12.1. The molecule has 1 aliphatic heterocycles. The molecule has 3 N–H and O–H groups in total. The van der Waals surface area contributed by atoms with Gasteiger partial charge in [-0.25, -0.2) is 0 Å². The quantitative estimate of drug-likeness (QED) is 0.855. The van der Waals surface area contributed by atoms with Crippen LogP contribution in [0.1, 0.15) is 24.8 Å². The van der Waals surface area contributed by atoms with E-state index in [9.17, 15) is 9.59 Å². The third-order valence-corrected chi connectivity index (χ3v) is 3.99. The molecule has 0 saturated carbocycles. The predicted octanol–water partition coefficient (Wildman–Crippen LogP) is 1.27. The number of aryl methyl sites for hydroxylation is 1. The van der Waals surface area contributed by atoms with Crippen LogP contribution in [-0.4, -0.2) is 41.0 Å². The van der Waals surface area contributed by atoms with Gasteiger partial charge >= 0.3 is 5.97 Å². The number of hydrogen-bond acceptors (Lipinski definition) is 3. The highest BCUT2D eigenvalue weighted by Gasteiger charge is 2.30. The van der Waals surface area contributed by atoms with Crippen molar-refractivity contribution in [1.29, 1.82) is 0 Å². The highest BCUT2D eigenvalue weighted by Crippen LogP contribution is 2.18. The summed E-state index contributed by atoms with van der Waals surface area (Å²) in [7, 11) is 0. The Morgan fingerprint density at radius 2 is 2.05 bits per heavy atom. The summed E-state index contributed by atoms with van der Waals surface area (Å²) in [5.41, 5.74) is 7.13. The van der Waals surface area contributed by atoms with E-state index in [0.717, 1.165) is 18.4 Å². The minimum Gasteiger partial charge on any atom is -0.481 e. The lowest BCUT2D eigenvalue weighted by atomic mass is 9.97. The lowest BCUT2D eigenvalue weighted by molar-refractivity contribution is -0.146. The third kappa shape index (κ3) is 4.29. The van der Waals surface area contributed by atoms with Crippen molar-refractivity contribution < 1.29 is 14.7 Å². The second-order valence-electron chi connectivity index (χ2n) is 5.59. The summed E-state index contributed by atoms with van der Waals surface area (Å²) in [5.74, 6) is -1.41. The summed E-state index contributed by atoms with van der Waals surface area (Å²) >= 11 is 0. The standard InChI is InChI=1S/C16H22N2O3/c17-14(9-8-12-5-2-1-3-6-12)15(19)18-10-4-7-13(11-18)16(20)21/h1-3,5-6,13-14H,4,7-11,17H2,(H,20,21)/t13-,14?/m0/s1. The number of carboxylic acid groups (broad SMARTS) is 1. The van der Waals surface area contributed by atoms with Gasteiger partial charge in [-0.1, -0.05) is 30.3 Å². The van der Waals surface area contributed by atoms with Crippen molar-refractivity contribution in [1.82, 2.24) is 4.90 Å². The van der Waals surface area contributed by atoms with E-state index in [0.29, 0.717) is 19.4 Å². The molecule has 1 amide bonds. The number of hydrogen-bond donors (Lipinski definition) is 2. The van der Waals surface area contributed by atoms with Crippen molar-refractivity contribution in [3.8, 4) is 0 Å². The fraction of sp³-hybridized carbons (Fsp3) is 0.500. The molecule has 1 saturated heterocycles. The number of nitrogens with zero attached hydrogens (tertiary/aromatic N) is 1. The number of carboxylic acids is 1. The maximum atomic E-state index is 12.3. The van der Waals surface area contributed by atoms with Gasteiger partial charge in [-0.3, -0.25) is 9.59 Å². The minimum absolute atomic E-state index is 0.128. The van der Waals surface area contributed by atoms with Crippen LogP contribution in [0.15, 0.2) is 30.3 Å². The van der Waals surface area contributed by atoms with Crippen LogP contribution in [0.5, 0.6) is 0 Å². The summed E-state index contributed by atoms with van der Waals surface area (Å²) in [5, 5.41) is 9.06. The molecule has 1 unspecified atom stereocenters. The first-order valence-electron chi connectivity index (χ1n) is 7.39. The average Bonchev–Trinajstić information content (AvgIpc) is 2.53. The van der Waals surface area contributed by atoms with Gasteiger partial charge in [0.25, 0.3) is 0 Å². The number of nitrogens with two attached hydrogens (primary N) is 1. The van der Waals surface area contributed by atoms with E-state index in [1.807, 2.05) is 30.3 Å². The first-order chi connectivity index (χ1) is 10.1. The molecule has 0 aliphatic carbocycles. The first kappa shape index (κ1) is 15.5. The Balaban J connectivity index is 1.85. The lowest BCUT2D eigenvalue weighted by Gasteiger charge is -2.32. The lowest BCUT2D eigenvalue weighted by Crippen LogP contribution is -2.49. The third-order valence-electron chi connectivity index (χ3n) is 3.99. The Morgan fingerprint density at radius 3 is 2.71 bits per heavy atom. The van der Waals surface area contributed by atoms with Crippen LogP contribution in [0.25, 0.3) is 0 Å². The van der Waals surface area contributed by atoms with Crippen molar-refractivity contribution in [2.75, 3.05) is 13.1 Å². The summed E-state index contributed by atoms with van der Waals surface area (Å²) in [6.45, 7) is 0.898. The monoisotopic (exact) mass is 290 g/mol. The molecule has 2 atom stereocenters.